The van der Waals surface area contributed by atoms with Crippen molar-refractivity contribution in [2.24, 2.45) is 5.10 Å². The number of aromatic nitrogens is 1. The van der Waals surface area contributed by atoms with Crippen LogP contribution in [0.4, 0.5) is 10.8 Å². The van der Waals surface area contributed by atoms with E-state index >= 15 is 0 Å². The predicted octanol–water partition coefficient (Wildman–Crippen LogP) is 5.15. The number of hydrazone groups is 1. The lowest BCUT2D eigenvalue weighted by molar-refractivity contribution is -0.115. The van der Waals surface area contributed by atoms with E-state index in [1.807, 2.05) is 13.8 Å². The second-order valence-corrected chi connectivity index (χ2v) is 6.42. The minimum atomic E-state index is -0.122. The highest BCUT2D eigenvalue weighted by molar-refractivity contribution is 7.23. The van der Waals surface area contributed by atoms with Gasteiger partial charge in [0.2, 0.25) is 11.0 Å². The van der Waals surface area contributed by atoms with Crippen LogP contribution < -0.4 is 10.7 Å². The van der Waals surface area contributed by atoms with Crippen molar-refractivity contribution in [3.63, 3.8) is 0 Å². The number of carbonyl (C=O) groups is 1. The van der Waals surface area contributed by atoms with Gasteiger partial charge in [0, 0.05) is 12.1 Å². The summed E-state index contributed by atoms with van der Waals surface area (Å²) >= 11 is 13.9. The SMILES string of the molecule is CCC(=O)Nc1cc(Cl)c2nc(N/N=C(\C)CC)sc2c1Cl. The fourth-order valence-corrected chi connectivity index (χ4v) is 3.09. The van der Waals surface area contributed by atoms with E-state index in [0.29, 0.717) is 37.5 Å². The van der Waals surface area contributed by atoms with E-state index in [1.165, 1.54) is 11.3 Å². The maximum Gasteiger partial charge on any atom is 0.224 e. The molecule has 1 heterocycles. The molecule has 2 N–H and O–H groups in total. The Morgan fingerprint density at radius 2 is 2.09 bits per heavy atom. The average Bonchev–Trinajstić information content (AvgIpc) is 2.94. The Hall–Kier alpha value is -1.37. The first-order valence-corrected chi connectivity index (χ1v) is 8.41. The average molecular weight is 359 g/mol. The second kappa shape index (κ2) is 7.26. The maximum absolute atomic E-state index is 11.5. The number of hydrogen-bond donors (Lipinski definition) is 2. The zero-order chi connectivity index (χ0) is 16.3. The van der Waals surface area contributed by atoms with Crippen LogP contribution in [0.25, 0.3) is 10.2 Å². The first kappa shape index (κ1) is 17.0. The topological polar surface area (TPSA) is 66.4 Å². The van der Waals surface area contributed by atoms with Gasteiger partial charge < -0.3 is 5.32 Å². The van der Waals surface area contributed by atoms with E-state index < -0.39 is 0 Å². The molecule has 5 nitrogen and oxygen atoms in total. The normalized spacial score (nSPS) is 11.8. The van der Waals surface area contributed by atoms with Gasteiger partial charge in [-0.15, -0.1) is 0 Å². The summed E-state index contributed by atoms with van der Waals surface area (Å²) in [5, 5.41) is 8.42. The summed E-state index contributed by atoms with van der Waals surface area (Å²) in [4.78, 5) is 15.9. The number of rotatable bonds is 5. The number of thiazole rings is 1. The number of fused-ring (bicyclic) bond motifs is 1. The summed E-state index contributed by atoms with van der Waals surface area (Å²) in [6, 6.07) is 1.61. The van der Waals surface area contributed by atoms with Crippen LogP contribution in [0.1, 0.15) is 33.6 Å². The predicted molar refractivity (Wildman–Crippen MR) is 95.6 cm³/mol. The molecular formula is C14H16Cl2N4OS. The second-order valence-electron chi connectivity index (χ2n) is 4.63. The maximum atomic E-state index is 11.5. The molecule has 0 bridgehead atoms. The Bertz CT molecular complexity index is 742. The third kappa shape index (κ3) is 3.69. The molecular weight excluding hydrogens is 343 g/mol. The lowest BCUT2D eigenvalue weighted by atomic mass is 10.3. The van der Waals surface area contributed by atoms with E-state index in [9.17, 15) is 4.79 Å². The highest BCUT2D eigenvalue weighted by Gasteiger charge is 2.16. The molecule has 2 rings (SSSR count). The molecule has 8 heteroatoms. The quantitative estimate of drug-likeness (QED) is 0.573. The molecule has 0 spiro atoms. The van der Waals surface area contributed by atoms with Crippen LogP contribution in [-0.2, 0) is 4.79 Å². The first-order valence-electron chi connectivity index (χ1n) is 6.83. The molecule has 1 amide bonds. The van der Waals surface area contributed by atoms with Crippen molar-refractivity contribution in [2.45, 2.75) is 33.6 Å². The number of amides is 1. The molecule has 0 unspecified atom stereocenters. The number of nitrogens with one attached hydrogen (secondary N) is 2. The third-order valence-corrected chi connectivity index (χ3v) is 4.78. The Morgan fingerprint density at radius 1 is 1.36 bits per heavy atom. The number of benzene rings is 1. The summed E-state index contributed by atoms with van der Waals surface area (Å²) in [6.07, 6.45) is 1.22. The lowest BCUT2D eigenvalue weighted by Gasteiger charge is -2.07. The van der Waals surface area contributed by atoms with Crippen LogP contribution in [0.3, 0.4) is 0 Å². The van der Waals surface area contributed by atoms with E-state index in [4.69, 9.17) is 23.2 Å². The number of hydrogen-bond acceptors (Lipinski definition) is 5. The molecule has 1 aromatic heterocycles. The van der Waals surface area contributed by atoms with Gasteiger partial charge in [-0.3, -0.25) is 10.2 Å². The van der Waals surface area contributed by atoms with Crippen LogP contribution in [0.2, 0.25) is 10.0 Å². The monoisotopic (exact) mass is 358 g/mol. The van der Waals surface area contributed by atoms with Gasteiger partial charge in [-0.05, 0) is 19.4 Å². The highest BCUT2D eigenvalue weighted by atomic mass is 35.5. The molecule has 0 radical (unpaired) electrons. The Labute approximate surface area is 142 Å². The zero-order valence-corrected chi connectivity index (χ0v) is 14.8. The van der Waals surface area contributed by atoms with Crippen molar-refractivity contribution >= 4 is 67.2 Å². The van der Waals surface area contributed by atoms with Crippen LogP contribution in [-0.4, -0.2) is 16.6 Å². The van der Waals surface area contributed by atoms with Crippen LogP contribution >= 0.6 is 34.5 Å². The molecule has 0 aliphatic heterocycles. The van der Waals surface area contributed by atoms with Gasteiger partial charge >= 0.3 is 0 Å². The standard InChI is InChI=1S/C14H16Cl2N4OS/c1-4-7(3)19-20-14-18-12-8(15)6-9(17-10(21)5-2)11(16)13(12)22-14/h6H,4-5H2,1-3H3,(H,17,21)(H,18,20)/b19-7+. The summed E-state index contributed by atoms with van der Waals surface area (Å²) in [5.74, 6) is -0.122. The Morgan fingerprint density at radius 3 is 2.73 bits per heavy atom. The van der Waals surface area contributed by atoms with Crippen molar-refractivity contribution < 1.29 is 4.79 Å². The zero-order valence-electron chi connectivity index (χ0n) is 12.5. The summed E-state index contributed by atoms with van der Waals surface area (Å²) in [6.45, 7) is 5.72. The van der Waals surface area contributed by atoms with Crippen molar-refractivity contribution in [1.29, 1.82) is 0 Å². The number of halogens is 2. The molecule has 0 fully saturated rings. The Balaban J connectivity index is 2.41. The number of nitrogens with zero attached hydrogens (tertiary/aromatic N) is 2. The summed E-state index contributed by atoms with van der Waals surface area (Å²) in [5.41, 5.74) is 4.96. The molecule has 0 saturated carbocycles. The van der Waals surface area contributed by atoms with Crippen LogP contribution in [0.5, 0.6) is 0 Å². The molecule has 0 aliphatic rings. The smallest absolute Gasteiger partial charge is 0.224 e. The molecule has 0 saturated heterocycles. The van der Waals surface area contributed by atoms with Gasteiger partial charge in [0.25, 0.3) is 0 Å². The van der Waals surface area contributed by atoms with Crippen molar-refractivity contribution in [3.05, 3.63) is 16.1 Å². The number of anilines is 2. The van der Waals surface area contributed by atoms with Gasteiger partial charge in [-0.25, -0.2) is 4.98 Å². The van der Waals surface area contributed by atoms with Gasteiger partial charge in [-0.2, -0.15) is 5.10 Å². The van der Waals surface area contributed by atoms with Gasteiger partial charge in [0.15, 0.2) is 0 Å². The minimum absolute atomic E-state index is 0.122. The van der Waals surface area contributed by atoms with E-state index in [2.05, 4.69) is 20.8 Å². The van der Waals surface area contributed by atoms with Gasteiger partial charge in [0.05, 0.1) is 20.4 Å². The van der Waals surface area contributed by atoms with Gasteiger partial charge in [-0.1, -0.05) is 48.4 Å². The minimum Gasteiger partial charge on any atom is -0.325 e. The van der Waals surface area contributed by atoms with Crippen molar-refractivity contribution in [2.75, 3.05) is 10.7 Å². The van der Waals surface area contributed by atoms with Gasteiger partial charge in [0.1, 0.15) is 5.52 Å². The summed E-state index contributed by atoms with van der Waals surface area (Å²) < 4.78 is 0.715. The Kier molecular flexibility index (Phi) is 5.61. The fourth-order valence-electron chi connectivity index (χ4n) is 1.61. The molecule has 22 heavy (non-hydrogen) atoms. The molecule has 0 aliphatic carbocycles. The van der Waals surface area contributed by atoms with Crippen molar-refractivity contribution in [1.82, 2.24) is 4.98 Å². The van der Waals surface area contributed by atoms with Crippen molar-refractivity contribution in [3.8, 4) is 0 Å². The molecule has 0 atom stereocenters. The third-order valence-electron chi connectivity index (χ3n) is 3.01. The van der Waals surface area contributed by atoms with E-state index in [1.54, 1.807) is 13.0 Å². The molecule has 1 aromatic carbocycles. The van der Waals surface area contributed by atoms with E-state index in [0.717, 1.165) is 12.1 Å². The van der Waals surface area contributed by atoms with Crippen LogP contribution in [0, 0.1) is 0 Å². The fraction of sp³-hybridized carbons (Fsp3) is 0.357. The number of carbonyl (C=O) groups excluding carboxylic acids is 1. The molecule has 2 aromatic rings. The largest absolute Gasteiger partial charge is 0.325 e. The lowest BCUT2D eigenvalue weighted by Crippen LogP contribution is -2.09. The summed E-state index contributed by atoms with van der Waals surface area (Å²) in [7, 11) is 0. The highest BCUT2D eigenvalue weighted by Crippen LogP contribution is 2.40. The van der Waals surface area contributed by atoms with Crippen LogP contribution in [0.15, 0.2) is 11.2 Å². The first-order chi connectivity index (χ1) is 10.5. The van der Waals surface area contributed by atoms with E-state index in [-0.39, 0.29) is 5.91 Å². The molecule has 118 valence electrons.